The molecule has 11 aromatic rings. The average Bonchev–Trinajstić information content (AvgIpc) is 4.00. The maximum atomic E-state index is 6.36. The van der Waals surface area contributed by atoms with Gasteiger partial charge in [-0.15, -0.1) is 0 Å². The second-order valence-electron chi connectivity index (χ2n) is 16.7. The summed E-state index contributed by atoms with van der Waals surface area (Å²) in [5, 5.41) is 2.21. The molecule has 2 aliphatic rings. The van der Waals surface area contributed by atoms with Gasteiger partial charge in [0.2, 0.25) is 0 Å². The molecule has 0 fully saturated rings. The van der Waals surface area contributed by atoms with Crippen LogP contribution in [0.3, 0.4) is 0 Å². The lowest BCUT2D eigenvalue weighted by Crippen LogP contribution is -2.25. The molecule has 294 valence electrons. The number of furan rings is 1. The molecule has 1 heterocycles. The van der Waals surface area contributed by atoms with E-state index in [9.17, 15) is 0 Å². The first-order chi connectivity index (χ1) is 31.3. The molecule has 2 heteroatoms. The van der Waals surface area contributed by atoms with E-state index in [0.717, 1.165) is 44.6 Å². The fourth-order valence-corrected chi connectivity index (χ4v) is 11.0. The summed E-state index contributed by atoms with van der Waals surface area (Å²) in [6.07, 6.45) is 0. The van der Waals surface area contributed by atoms with Crippen LogP contribution in [0.5, 0.6) is 0 Å². The van der Waals surface area contributed by atoms with E-state index in [1.54, 1.807) is 0 Å². The Morgan fingerprint density at radius 2 is 0.778 bits per heavy atom. The largest absolute Gasteiger partial charge is 0.456 e. The summed E-state index contributed by atoms with van der Waals surface area (Å²) in [7, 11) is 0. The summed E-state index contributed by atoms with van der Waals surface area (Å²) in [6.45, 7) is 0. The highest BCUT2D eigenvalue weighted by molar-refractivity contribution is 6.13. The molecule has 63 heavy (non-hydrogen) atoms. The molecule has 1 unspecified atom stereocenters. The minimum atomic E-state index is -0.459. The molecule has 0 bridgehead atoms. The predicted octanol–water partition coefficient (Wildman–Crippen LogP) is 16.4. The van der Waals surface area contributed by atoms with E-state index >= 15 is 0 Å². The molecule has 0 saturated heterocycles. The van der Waals surface area contributed by atoms with Gasteiger partial charge in [-0.3, -0.25) is 0 Å². The van der Waals surface area contributed by atoms with E-state index in [1.165, 1.54) is 72.3 Å². The van der Waals surface area contributed by atoms with Crippen LogP contribution >= 0.6 is 0 Å². The number of rotatable bonds is 6. The summed E-state index contributed by atoms with van der Waals surface area (Å²) >= 11 is 0. The number of hydrogen-bond acceptors (Lipinski definition) is 2. The number of hydrogen-bond donors (Lipinski definition) is 0. The second-order valence-corrected chi connectivity index (χ2v) is 16.7. The Kier molecular flexibility index (Phi) is 7.85. The Labute approximate surface area is 366 Å². The third kappa shape index (κ3) is 5.13. The Hall–Kier alpha value is -8.20. The Morgan fingerprint density at radius 3 is 1.49 bits per heavy atom. The topological polar surface area (TPSA) is 16.4 Å². The van der Waals surface area contributed by atoms with Gasteiger partial charge >= 0.3 is 0 Å². The Balaban J connectivity index is 0.980. The van der Waals surface area contributed by atoms with Crippen molar-refractivity contribution in [3.05, 3.63) is 259 Å². The smallest absolute Gasteiger partial charge is 0.137 e. The first-order valence-corrected chi connectivity index (χ1v) is 21.8. The quantitative estimate of drug-likeness (QED) is 0.167. The normalized spacial score (nSPS) is 14.4. The van der Waals surface area contributed by atoms with E-state index in [4.69, 9.17) is 4.42 Å². The van der Waals surface area contributed by atoms with Gasteiger partial charge in [0.05, 0.1) is 16.5 Å². The van der Waals surface area contributed by atoms with Crippen molar-refractivity contribution in [1.29, 1.82) is 0 Å². The van der Waals surface area contributed by atoms with Gasteiger partial charge in [0.15, 0.2) is 0 Å². The lowest BCUT2D eigenvalue weighted by atomic mass is 9.70. The maximum Gasteiger partial charge on any atom is 0.137 e. The summed E-state index contributed by atoms with van der Waals surface area (Å²) < 4.78 is 6.36. The molecular formula is C61H39NO. The number of fused-ring (bicyclic) bond motifs is 13. The number of anilines is 3. The van der Waals surface area contributed by atoms with E-state index in [2.05, 4.69) is 229 Å². The summed E-state index contributed by atoms with van der Waals surface area (Å²) in [4.78, 5) is 2.35. The third-order valence-electron chi connectivity index (χ3n) is 13.5. The molecule has 13 rings (SSSR count). The summed E-state index contributed by atoms with van der Waals surface area (Å²) in [5.74, 6) is 0. The van der Waals surface area contributed by atoms with Gasteiger partial charge in [-0.2, -0.15) is 0 Å². The predicted molar refractivity (Wildman–Crippen MR) is 261 cm³/mol. The highest BCUT2D eigenvalue weighted by Crippen LogP contribution is 2.65. The molecule has 0 aliphatic heterocycles. The number of benzene rings is 10. The van der Waals surface area contributed by atoms with Gasteiger partial charge in [-0.25, -0.2) is 0 Å². The minimum absolute atomic E-state index is 0.459. The third-order valence-corrected chi connectivity index (χ3v) is 13.5. The monoisotopic (exact) mass is 801 g/mol. The number of para-hydroxylation sites is 2. The average molecular weight is 802 g/mol. The van der Waals surface area contributed by atoms with Crippen LogP contribution in [0.1, 0.15) is 22.3 Å². The van der Waals surface area contributed by atoms with Gasteiger partial charge < -0.3 is 9.32 Å². The van der Waals surface area contributed by atoms with Gasteiger partial charge in [0, 0.05) is 16.8 Å². The molecule has 0 N–H and O–H groups in total. The molecular weight excluding hydrogens is 763 g/mol. The van der Waals surface area contributed by atoms with Crippen LogP contribution in [0.4, 0.5) is 17.1 Å². The molecule has 0 radical (unpaired) electrons. The van der Waals surface area contributed by atoms with Crippen molar-refractivity contribution in [2.75, 3.05) is 4.90 Å². The zero-order chi connectivity index (χ0) is 41.5. The highest BCUT2D eigenvalue weighted by Gasteiger charge is 2.52. The molecule has 1 spiro atoms. The Morgan fingerprint density at radius 1 is 0.302 bits per heavy atom. The van der Waals surface area contributed by atoms with Crippen LogP contribution in [-0.2, 0) is 5.41 Å². The fraction of sp³-hybridized carbons (Fsp3) is 0.0164. The van der Waals surface area contributed by atoms with Crippen molar-refractivity contribution >= 4 is 39.0 Å². The van der Waals surface area contributed by atoms with Crippen molar-refractivity contribution in [3.63, 3.8) is 0 Å². The van der Waals surface area contributed by atoms with Crippen molar-refractivity contribution in [3.8, 4) is 55.6 Å². The van der Waals surface area contributed by atoms with Crippen molar-refractivity contribution in [2.45, 2.75) is 5.41 Å². The first kappa shape index (κ1) is 35.5. The van der Waals surface area contributed by atoms with Crippen LogP contribution in [0.2, 0.25) is 0 Å². The van der Waals surface area contributed by atoms with Gasteiger partial charge in [-0.05, 0) is 120 Å². The number of nitrogens with zero attached hydrogens (tertiary/aromatic N) is 1. The van der Waals surface area contributed by atoms with Crippen LogP contribution in [0.25, 0.3) is 77.6 Å². The molecule has 2 aliphatic carbocycles. The molecule has 1 aromatic heterocycles. The molecule has 0 amide bonds. The Bertz CT molecular complexity index is 3570. The van der Waals surface area contributed by atoms with Gasteiger partial charge in [0.1, 0.15) is 11.2 Å². The van der Waals surface area contributed by atoms with Crippen LogP contribution in [-0.4, -0.2) is 0 Å². The lowest BCUT2D eigenvalue weighted by Gasteiger charge is -2.30. The maximum absolute atomic E-state index is 6.36. The minimum Gasteiger partial charge on any atom is -0.456 e. The van der Waals surface area contributed by atoms with E-state index < -0.39 is 5.41 Å². The summed E-state index contributed by atoms with van der Waals surface area (Å²) in [5.41, 5.74) is 22.5. The first-order valence-electron chi connectivity index (χ1n) is 21.8. The summed E-state index contributed by atoms with van der Waals surface area (Å²) in [6, 6.07) is 86.4. The second kappa shape index (κ2) is 13.9. The molecule has 1 atom stereocenters. The van der Waals surface area contributed by atoms with Crippen LogP contribution < -0.4 is 4.90 Å². The molecule has 2 nitrogen and oxygen atoms in total. The van der Waals surface area contributed by atoms with Crippen LogP contribution in [0, 0.1) is 0 Å². The zero-order valence-electron chi connectivity index (χ0n) is 34.4. The fourth-order valence-electron chi connectivity index (χ4n) is 11.0. The van der Waals surface area contributed by atoms with Gasteiger partial charge in [0.25, 0.3) is 0 Å². The van der Waals surface area contributed by atoms with Gasteiger partial charge in [-0.1, -0.05) is 194 Å². The highest BCUT2D eigenvalue weighted by atomic mass is 16.3. The van der Waals surface area contributed by atoms with Crippen LogP contribution in [0.15, 0.2) is 241 Å². The standard InChI is InChI=1S/C61H39NO/c1-3-18-40(19-4-1)45-27-15-31-53-58(45)48-24-9-12-29-51(48)61(53)52-30-13-10-25-49(52)59-47(28-16-32-54(59)61)46-23-8-7-22-44(46)41-36-38-43(39-37-41)62(42-20-5-2-6-21-42)55-33-17-35-57-60(55)50-26-11-14-34-56(50)63-57/h1-39H. The van der Waals surface area contributed by atoms with E-state index in [0.29, 0.717) is 0 Å². The zero-order valence-corrected chi connectivity index (χ0v) is 34.4. The van der Waals surface area contributed by atoms with Crippen molar-refractivity contribution in [1.82, 2.24) is 0 Å². The van der Waals surface area contributed by atoms with E-state index in [1.807, 2.05) is 12.1 Å². The van der Waals surface area contributed by atoms with E-state index in [-0.39, 0.29) is 0 Å². The molecule has 0 saturated carbocycles. The van der Waals surface area contributed by atoms with Crippen molar-refractivity contribution < 1.29 is 4.42 Å². The molecule has 10 aromatic carbocycles. The SMILES string of the molecule is c1ccc(-c2cccc3c2-c2ccccc2C32c3ccccc3-c3c(-c4ccccc4-c4ccc(N(c5ccccc5)c5cccc6oc7ccccc7c56)cc4)cccc32)cc1. The lowest BCUT2D eigenvalue weighted by molar-refractivity contribution is 0.669. The van der Waals surface area contributed by atoms with Crippen molar-refractivity contribution in [2.24, 2.45) is 0 Å².